The molecule has 0 saturated heterocycles. The van der Waals surface area contributed by atoms with Crippen molar-refractivity contribution in [1.29, 1.82) is 5.26 Å². The molecule has 1 N–H and O–H groups in total. The lowest BCUT2D eigenvalue weighted by molar-refractivity contribution is 0.141. The molecule has 3 nitrogen and oxygen atoms in total. The third kappa shape index (κ3) is 1.75. The summed E-state index contributed by atoms with van der Waals surface area (Å²) >= 11 is 5.41. The van der Waals surface area contributed by atoms with Crippen LogP contribution in [0.25, 0.3) is 0 Å². The van der Waals surface area contributed by atoms with E-state index in [4.69, 9.17) is 16.9 Å². The van der Waals surface area contributed by atoms with Gasteiger partial charge in [0.15, 0.2) is 0 Å². The monoisotopic (exact) mass is 218 g/mol. The second-order valence-corrected chi connectivity index (χ2v) is 2.70. The Labute approximate surface area is 83.6 Å². The van der Waals surface area contributed by atoms with E-state index in [0.717, 1.165) is 6.20 Å². The molecule has 0 aliphatic rings. The molecule has 0 fully saturated rings. The molecule has 0 spiro atoms. The van der Waals surface area contributed by atoms with E-state index in [0.29, 0.717) is 0 Å². The Morgan fingerprint density at radius 1 is 1.64 bits per heavy atom. The van der Waals surface area contributed by atoms with E-state index in [1.54, 1.807) is 6.07 Å². The van der Waals surface area contributed by atoms with Crippen LogP contribution in [0.3, 0.4) is 0 Å². The van der Waals surface area contributed by atoms with Gasteiger partial charge in [0, 0.05) is 11.8 Å². The van der Waals surface area contributed by atoms with Crippen LogP contribution < -0.4 is 0 Å². The third-order valence-electron chi connectivity index (χ3n) is 1.65. The van der Waals surface area contributed by atoms with Crippen LogP contribution >= 0.6 is 11.6 Å². The highest BCUT2D eigenvalue weighted by molar-refractivity contribution is 6.17. The molecular weight excluding hydrogens is 214 g/mol. The first-order valence-electron chi connectivity index (χ1n) is 3.56. The average molecular weight is 219 g/mol. The number of nitrogens with zero attached hydrogens (tertiary/aromatic N) is 2. The second kappa shape index (κ2) is 4.20. The van der Waals surface area contributed by atoms with Gasteiger partial charge in [0.1, 0.15) is 17.5 Å². The maximum atomic E-state index is 12.2. The maximum Gasteiger partial charge on any atom is 0.284 e. The number of alkyl halides is 3. The summed E-state index contributed by atoms with van der Waals surface area (Å²) in [5.41, 5.74) is -0.763. The van der Waals surface area contributed by atoms with E-state index < -0.39 is 17.9 Å². The summed E-state index contributed by atoms with van der Waals surface area (Å²) in [6.07, 6.45) is -1.91. The molecular formula is C8H5ClF2N2O. The van der Waals surface area contributed by atoms with Crippen LogP contribution in [0.2, 0.25) is 0 Å². The van der Waals surface area contributed by atoms with Gasteiger partial charge in [-0.05, 0) is 0 Å². The van der Waals surface area contributed by atoms with Gasteiger partial charge in [-0.2, -0.15) is 5.26 Å². The van der Waals surface area contributed by atoms with Gasteiger partial charge in [-0.1, -0.05) is 0 Å². The number of aromatic nitrogens is 1. The van der Waals surface area contributed by atoms with Gasteiger partial charge in [0.25, 0.3) is 6.43 Å². The molecule has 0 radical (unpaired) electrons. The van der Waals surface area contributed by atoms with E-state index in [-0.39, 0.29) is 17.0 Å². The quantitative estimate of drug-likeness (QED) is 0.775. The average Bonchev–Trinajstić information content (AvgIpc) is 2.16. The normalized spacial score (nSPS) is 10.2. The van der Waals surface area contributed by atoms with Crippen molar-refractivity contribution in [3.8, 4) is 11.8 Å². The minimum atomic E-state index is -2.88. The Kier molecular flexibility index (Phi) is 3.20. The summed E-state index contributed by atoms with van der Waals surface area (Å²) in [4.78, 5) is 3.28. The summed E-state index contributed by atoms with van der Waals surface area (Å²) in [7, 11) is 0. The summed E-state index contributed by atoms with van der Waals surface area (Å²) < 4.78 is 24.5. The number of nitriles is 1. The van der Waals surface area contributed by atoms with Gasteiger partial charge in [0.05, 0.1) is 11.4 Å². The van der Waals surface area contributed by atoms with Crippen molar-refractivity contribution in [2.45, 2.75) is 12.3 Å². The second-order valence-electron chi connectivity index (χ2n) is 2.43. The lowest BCUT2D eigenvalue weighted by atomic mass is 10.1. The molecule has 0 aromatic carbocycles. The van der Waals surface area contributed by atoms with Crippen molar-refractivity contribution in [2.75, 3.05) is 0 Å². The Morgan fingerprint density at radius 2 is 2.29 bits per heavy atom. The molecule has 1 rings (SSSR count). The number of hydrogen-bond acceptors (Lipinski definition) is 3. The van der Waals surface area contributed by atoms with Crippen LogP contribution in [0.5, 0.6) is 5.75 Å². The largest absolute Gasteiger partial charge is 0.505 e. The molecule has 0 saturated carbocycles. The van der Waals surface area contributed by atoms with E-state index in [1.807, 2.05) is 0 Å². The Morgan fingerprint density at radius 3 is 2.71 bits per heavy atom. The number of pyridine rings is 1. The molecule has 6 heteroatoms. The van der Waals surface area contributed by atoms with Gasteiger partial charge in [0.2, 0.25) is 0 Å². The molecule has 1 aromatic rings. The van der Waals surface area contributed by atoms with Crippen molar-refractivity contribution in [1.82, 2.24) is 4.98 Å². The molecule has 0 amide bonds. The van der Waals surface area contributed by atoms with Gasteiger partial charge < -0.3 is 5.11 Å². The van der Waals surface area contributed by atoms with Crippen LogP contribution in [0.4, 0.5) is 8.78 Å². The first-order valence-corrected chi connectivity index (χ1v) is 4.10. The highest BCUT2D eigenvalue weighted by Gasteiger charge is 2.19. The van der Waals surface area contributed by atoms with E-state index in [1.165, 1.54) is 0 Å². The molecule has 0 bridgehead atoms. The standard InChI is InChI=1S/C8H5ClF2N2O/c9-1-5-4(2-12)3-13-6(7(5)14)8(10)11/h3,8,14H,1H2. The predicted molar refractivity (Wildman–Crippen MR) is 45.1 cm³/mol. The zero-order valence-corrected chi connectivity index (χ0v) is 7.59. The topological polar surface area (TPSA) is 56.9 Å². The van der Waals surface area contributed by atoms with Gasteiger partial charge in [-0.3, -0.25) is 0 Å². The molecule has 74 valence electrons. The molecule has 14 heavy (non-hydrogen) atoms. The van der Waals surface area contributed by atoms with Crippen molar-refractivity contribution in [3.05, 3.63) is 23.0 Å². The molecule has 0 unspecified atom stereocenters. The summed E-state index contributed by atoms with van der Waals surface area (Å²) in [5.74, 6) is -0.911. The Bertz CT molecular complexity index is 390. The SMILES string of the molecule is N#Cc1cnc(C(F)F)c(O)c1CCl. The Hall–Kier alpha value is -1.41. The molecule has 0 aliphatic heterocycles. The van der Waals surface area contributed by atoms with Crippen LogP contribution in [0.1, 0.15) is 23.2 Å². The van der Waals surface area contributed by atoms with Crippen LogP contribution in [0, 0.1) is 11.3 Å². The van der Waals surface area contributed by atoms with Crippen LogP contribution in [-0.2, 0) is 5.88 Å². The zero-order valence-electron chi connectivity index (χ0n) is 6.84. The third-order valence-corrected chi connectivity index (χ3v) is 1.91. The zero-order chi connectivity index (χ0) is 10.7. The summed E-state index contributed by atoms with van der Waals surface area (Å²) in [6.45, 7) is 0. The number of aromatic hydroxyl groups is 1. The molecule has 1 aromatic heterocycles. The maximum absolute atomic E-state index is 12.2. The van der Waals surface area contributed by atoms with Gasteiger partial charge in [-0.15, -0.1) is 11.6 Å². The Balaban J connectivity index is 3.37. The van der Waals surface area contributed by atoms with Crippen LogP contribution in [0.15, 0.2) is 6.20 Å². The van der Waals surface area contributed by atoms with E-state index in [2.05, 4.69) is 4.98 Å². The first-order chi connectivity index (χ1) is 6.61. The summed E-state index contributed by atoms with van der Waals surface area (Å²) in [6, 6.07) is 1.70. The van der Waals surface area contributed by atoms with Crippen molar-refractivity contribution in [2.24, 2.45) is 0 Å². The fourth-order valence-electron chi connectivity index (χ4n) is 0.947. The first kappa shape index (κ1) is 10.7. The number of rotatable bonds is 2. The lowest BCUT2D eigenvalue weighted by Gasteiger charge is -2.07. The molecule has 0 aliphatic carbocycles. The van der Waals surface area contributed by atoms with Crippen LogP contribution in [-0.4, -0.2) is 10.1 Å². The molecule has 0 atom stereocenters. The fourth-order valence-corrected chi connectivity index (χ4v) is 1.22. The van der Waals surface area contributed by atoms with E-state index >= 15 is 0 Å². The van der Waals surface area contributed by atoms with Gasteiger partial charge in [-0.25, -0.2) is 13.8 Å². The smallest absolute Gasteiger partial charge is 0.284 e. The highest BCUT2D eigenvalue weighted by atomic mass is 35.5. The molecule has 1 heterocycles. The van der Waals surface area contributed by atoms with E-state index in [9.17, 15) is 13.9 Å². The number of halogens is 3. The lowest BCUT2D eigenvalue weighted by Crippen LogP contribution is -1.97. The predicted octanol–water partition coefficient (Wildman–Crippen LogP) is 2.34. The minimum Gasteiger partial charge on any atom is -0.505 e. The minimum absolute atomic E-state index is 0.00176. The van der Waals surface area contributed by atoms with Crippen molar-refractivity contribution in [3.63, 3.8) is 0 Å². The summed E-state index contributed by atoms with van der Waals surface area (Å²) in [5, 5.41) is 17.8. The van der Waals surface area contributed by atoms with Gasteiger partial charge >= 0.3 is 0 Å². The fraction of sp³-hybridized carbons (Fsp3) is 0.250. The van der Waals surface area contributed by atoms with Crippen molar-refractivity contribution >= 4 is 11.6 Å². The number of hydrogen-bond donors (Lipinski definition) is 1. The van der Waals surface area contributed by atoms with Crippen molar-refractivity contribution < 1.29 is 13.9 Å². The highest BCUT2D eigenvalue weighted by Crippen LogP contribution is 2.31.